The lowest BCUT2D eigenvalue weighted by Crippen LogP contribution is -2.07. The van der Waals surface area contributed by atoms with Crippen molar-refractivity contribution in [1.82, 2.24) is 9.55 Å². The number of hydrogen-bond donors (Lipinski definition) is 0. The van der Waals surface area contributed by atoms with E-state index in [1.54, 1.807) is 26.4 Å². The monoisotopic (exact) mass is 300 g/mol. The molecule has 1 heterocycles. The molecule has 0 unspecified atom stereocenters. The zero-order chi connectivity index (χ0) is 15.5. The number of hydrogen-bond acceptors (Lipinski definition) is 3. The first-order valence-electron chi connectivity index (χ1n) is 6.98. The van der Waals surface area contributed by atoms with Crippen LogP contribution in [0, 0.1) is 5.82 Å². The van der Waals surface area contributed by atoms with Crippen LogP contribution in [-0.4, -0.2) is 23.8 Å². The number of nitrogens with zero attached hydrogens (tertiary/aromatic N) is 2. The van der Waals surface area contributed by atoms with Crippen LogP contribution in [0.2, 0.25) is 0 Å². The highest BCUT2D eigenvalue weighted by Gasteiger charge is 2.13. The van der Waals surface area contributed by atoms with Crippen molar-refractivity contribution in [3.05, 3.63) is 59.7 Å². The van der Waals surface area contributed by atoms with Crippen molar-refractivity contribution in [2.45, 2.75) is 13.2 Å². The summed E-state index contributed by atoms with van der Waals surface area (Å²) in [5, 5.41) is 0. The van der Waals surface area contributed by atoms with E-state index in [1.807, 2.05) is 28.8 Å². The molecule has 1 aromatic heterocycles. The first kappa shape index (κ1) is 14.5. The molecule has 3 rings (SSSR count). The Morgan fingerprint density at radius 1 is 1.14 bits per heavy atom. The van der Waals surface area contributed by atoms with Crippen molar-refractivity contribution < 1.29 is 13.9 Å². The summed E-state index contributed by atoms with van der Waals surface area (Å²) < 4.78 is 26.3. The van der Waals surface area contributed by atoms with Gasteiger partial charge < -0.3 is 14.0 Å². The molecule has 4 nitrogen and oxygen atoms in total. The van der Waals surface area contributed by atoms with Gasteiger partial charge in [0.1, 0.15) is 24.0 Å². The molecule has 0 amide bonds. The van der Waals surface area contributed by atoms with Gasteiger partial charge in [-0.2, -0.15) is 0 Å². The molecule has 0 saturated heterocycles. The summed E-state index contributed by atoms with van der Waals surface area (Å²) in [4.78, 5) is 4.57. The molecule has 0 bridgehead atoms. The van der Waals surface area contributed by atoms with Crippen LogP contribution in [-0.2, 0) is 17.9 Å². The highest BCUT2D eigenvalue weighted by atomic mass is 19.1. The number of ether oxygens (including phenoxy) is 2. The molecule has 2 aromatic carbocycles. The summed E-state index contributed by atoms with van der Waals surface area (Å²) in [5.41, 5.74) is 2.36. The Balaban J connectivity index is 2.09. The van der Waals surface area contributed by atoms with Crippen molar-refractivity contribution in [2.24, 2.45) is 0 Å². The Morgan fingerprint density at radius 2 is 1.95 bits per heavy atom. The number of halogens is 1. The average Bonchev–Trinajstić information content (AvgIpc) is 2.86. The zero-order valence-electron chi connectivity index (χ0n) is 12.5. The fraction of sp³-hybridized carbons (Fsp3) is 0.235. The maximum atomic E-state index is 13.9. The summed E-state index contributed by atoms with van der Waals surface area (Å²) in [5.74, 6) is 1.28. The lowest BCUT2D eigenvalue weighted by atomic mass is 10.2. The van der Waals surface area contributed by atoms with Gasteiger partial charge in [-0.3, -0.25) is 0 Å². The Hall–Kier alpha value is -2.40. The summed E-state index contributed by atoms with van der Waals surface area (Å²) in [6.07, 6.45) is 0. The van der Waals surface area contributed by atoms with Crippen LogP contribution >= 0.6 is 0 Å². The maximum Gasteiger partial charge on any atom is 0.136 e. The quantitative estimate of drug-likeness (QED) is 0.725. The fourth-order valence-electron chi connectivity index (χ4n) is 2.50. The first-order valence-corrected chi connectivity index (χ1v) is 6.98. The molecule has 3 aromatic rings. The van der Waals surface area contributed by atoms with Crippen LogP contribution in [0.3, 0.4) is 0 Å². The van der Waals surface area contributed by atoms with E-state index >= 15 is 0 Å². The Bertz CT molecular complexity index is 798. The molecule has 0 N–H and O–H groups in total. The van der Waals surface area contributed by atoms with Gasteiger partial charge in [-0.1, -0.05) is 18.2 Å². The van der Waals surface area contributed by atoms with Crippen LogP contribution in [0.1, 0.15) is 11.4 Å². The fourth-order valence-corrected chi connectivity index (χ4v) is 2.50. The van der Waals surface area contributed by atoms with Crippen molar-refractivity contribution in [3.63, 3.8) is 0 Å². The molecular weight excluding hydrogens is 283 g/mol. The second-order valence-corrected chi connectivity index (χ2v) is 4.99. The van der Waals surface area contributed by atoms with Gasteiger partial charge in [-0.05, 0) is 18.2 Å². The van der Waals surface area contributed by atoms with Gasteiger partial charge in [-0.25, -0.2) is 9.37 Å². The Labute approximate surface area is 128 Å². The minimum absolute atomic E-state index is 0.221. The van der Waals surface area contributed by atoms with E-state index in [0.29, 0.717) is 18.7 Å². The molecular formula is C17H17FN2O2. The molecule has 114 valence electrons. The third kappa shape index (κ3) is 2.67. The number of rotatable bonds is 5. The SMILES string of the molecule is COCc1nc2cc(OC)ccc2n1Cc1ccccc1F. The van der Waals surface area contributed by atoms with Crippen molar-refractivity contribution in [1.29, 1.82) is 0 Å². The third-order valence-corrected chi connectivity index (χ3v) is 3.59. The number of benzene rings is 2. The predicted octanol–water partition coefficient (Wildman–Crippen LogP) is 3.38. The standard InChI is InChI=1S/C17H17FN2O2/c1-21-11-17-19-15-9-13(22-2)7-8-16(15)20(17)10-12-5-3-4-6-14(12)18/h3-9H,10-11H2,1-2H3. The molecule has 22 heavy (non-hydrogen) atoms. The molecule has 0 aliphatic heterocycles. The Kier molecular flexibility index (Phi) is 4.06. The lowest BCUT2D eigenvalue weighted by Gasteiger charge is -2.10. The van der Waals surface area contributed by atoms with Crippen LogP contribution in [0.15, 0.2) is 42.5 Å². The van der Waals surface area contributed by atoms with E-state index < -0.39 is 0 Å². The summed E-state index contributed by atoms with van der Waals surface area (Å²) in [7, 11) is 3.24. The van der Waals surface area contributed by atoms with Crippen molar-refractivity contribution in [2.75, 3.05) is 14.2 Å². The van der Waals surface area contributed by atoms with Gasteiger partial charge in [0.15, 0.2) is 0 Å². The number of aromatic nitrogens is 2. The number of fused-ring (bicyclic) bond motifs is 1. The smallest absolute Gasteiger partial charge is 0.136 e. The molecule has 0 aliphatic carbocycles. The van der Waals surface area contributed by atoms with E-state index in [-0.39, 0.29) is 5.82 Å². The first-order chi connectivity index (χ1) is 10.7. The summed E-state index contributed by atoms with van der Waals surface area (Å²) in [6.45, 7) is 0.777. The van der Waals surface area contributed by atoms with Crippen LogP contribution in [0.5, 0.6) is 5.75 Å². The summed E-state index contributed by atoms with van der Waals surface area (Å²) in [6, 6.07) is 12.4. The van der Waals surface area contributed by atoms with E-state index in [1.165, 1.54) is 6.07 Å². The predicted molar refractivity (Wildman–Crippen MR) is 82.5 cm³/mol. The second-order valence-electron chi connectivity index (χ2n) is 4.99. The lowest BCUT2D eigenvalue weighted by molar-refractivity contribution is 0.175. The van der Waals surface area contributed by atoms with Gasteiger partial charge >= 0.3 is 0 Å². The normalized spacial score (nSPS) is 11.0. The summed E-state index contributed by atoms with van der Waals surface area (Å²) >= 11 is 0. The van der Waals surface area contributed by atoms with Crippen LogP contribution < -0.4 is 4.74 Å². The van der Waals surface area contributed by atoms with E-state index in [2.05, 4.69) is 4.98 Å². The van der Waals surface area contributed by atoms with Gasteiger partial charge in [0, 0.05) is 18.7 Å². The maximum absolute atomic E-state index is 13.9. The van der Waals surface area contributed by atoms with E-state index in [0.717, 1.165) is 22.6 Å². The second kappa shape index (κ2) is 6.15. The van der Waals surface area contributed by atoms with E-state index in [9.17, 15) is 4.39 Å². The zero-order valence-corrected chi connectivity index (χ0v) is 12.5. The minimum atomic E-state index is -0.221. The minimum Gasteiger partial charge on any atom is -0.497 e. The van der Waals surface area contributed by atoms with Crippen molar-refractivity contribution in [3.8, 4) is 5.75 Å². The van der Waals surface area contributed by atoms with Gasteiger partial charge in [0.25, 0.3) is 0 Å². The van der Waals surface area contributed by atoms with Crippen LogP contribution in [0.25, 0.3) is 11.0 Å². The van der Waals surface area contributed by atoms with Gasteiger partial charge in [0.05, 0.1) is 24.7 Å². The highest BCUT2D eigenvalue weighted by molar-refractivity contribution is 5.78. The van der Waals surface area contributed by atoms with E-state index in [4.69, 9.17) is 9.47 Å². The third-order valence-electron chi connectivity index (χ3n) is 3.59. The molecule has 0 saturated carbocycles. The molecule has 0 fully saturated rings. The largest absolute Gasteiger partial charge is 0.497 e. The molecule has 0 atom stereocenters. The molecule has 0 spiro atoms. The van der Waals surface area contributed by atoms with Crippen molar-refractivity contribution >= 4 is 11.0 Å². The number of methoxy groups -OCH3 is 2. The van der Waals surface area contributed by atoms with Gasteiger partial charge in [-0.15, -0.1) is 0 Å². The number of imidazole rings is 1. The molecule has 0 aliphatic rings. The average molecular weight is 300 g/mol. The van der Waals surface area contributed by atoms with Crippen LogP contribution in [0.4, 0.5) is 4.39 Å². The highest BCUT2D eigenvalue weighted by Crippen LogP contribution is 2.23. The molecule has 5 heteroatoms. The van der Waals surface area contributed by atoms with Gasteiger partial charge in [0.2, 0.25) is 0 Å². The molecule has 0 radical (unpaired) electrons. The topological polar surface area (TPSA) is 36.3 Å². The Morgan fingerprint density at radius 3 is 2.68 bits per heavy atom.